The largest absolute Gasteiger partial charge is 0.250 e. The van der Waals surface area contributed by atoms with Crippen LogP contribution in [0.5, 0.6) is 0 Å². The van der Waals surface area contributed by atoms with Crippen LogP contribution in [0.4, 0.5) is 4.39 Å². The van der Waals surface area contributed by atoms with Gasteiger partial charge in [0.25, 0.3) is 0 Å². The summed E-state index contributed by atoms with van der Waals surface area (Å²) in [5, 5.41) is 8.73. The molecule has 1 nitrogen and oxygen atoms in total. The summed E-state index contributed by atoms with van der Waals surface area (Å²) in [4.78, 5) is 0. The van der Waals surface area contributed by atoms with Crippen molar-refractivity contribution in [3.63, 3.8) is 0 Å². The zero-order valence-electron chi connectivity index (χ0n) is 8.47. The van der Waals surface area contributed by atoms with Gasteiger partial charge in [-0.05, 0) is 29.7 Å². The van der Waals surface area contributed by atoms with Gasteiger partial charge >= 0.3 is 0 Å². The molecule has 0 spiro atoms. The van der Waals surface area contributed by atoms with E-state index >= 15 is 0 Å². The number of alkyl halides is 1. The van der Waals surface area contributed by atoms with Crippen molar-refractivity contribution in [1.82, 2.24) is 0 Å². The molecule has 0 aliphatic rings. The molecule has 1 aromatic carbocycles. The lowest BCUT2D eigenvalue weighted by Crippen LogP contribution is -2.02. The third kappa shape index (κ3) is 2.11. The summed E-state index contributed by atoms with van der Waals surface area (Å²) >= 11 is 0. The Morgan fingerprint density at radius 2 is 2.21 bits per heavy atom. The van der Waals surface area contributed by atoms with Gasteiger partial charge in [0, 0.05) is 5.92 Å². The van der Waals surface area contributed by atoms with Crippen LogP contribution in [0.1, 0.15) is 30.5 Å². The highest BCUT2D eigenvalue weighted by molar-refractivity contribution is 5.44. The molecule has 0 aliphatic heterocycles. The van der Waals surface area contributed by atoms with Crippen LogP contribution in [0, 0.1) is 17.2 Å². The molecule has 0 aromatic heterocycles. The molecule has 1 aromatic rings. The van der Waals surface area contributed by atoms with E-state index in [1.54, 1.807) is 19.1 Å². The van der Waals surface area contributed by atoms with E-state index in [-0.39, 0.29) is 0 Å². The van der Waals surface area contributed by atoms with Crippen molar-refractivity contribution in [2.75, 3.05) is 6.67 Å². The van der Waals surface area contributed by atoms with Gasteiger partial charge in [0.2, 0.25) is 0 Å². The fraction of sp³-hybridized carbons (Fsp3) is 0.333. The third-order valence-electron chi connectivity index (χ3n) is 2.28. The first kappa shape index (κ1) is 10.7. The Morgan fingerprint density at radius 3 is 2.71 bits per heavy atom. The van der Waals surface area contributed by atoms with Crippen LogP contribution in [0.15, 0.2) is 18.2 Å². The van der Waals surface area contributed by atoms with E-state index in [2.05, 4.69) is 6.07 Å². The molecule has 0 fully saturated rings. The maximum Gasteiger partial charge on any atom is 0.0997 e. The number of nitriles is 1. The lowest BCUT2D eigenvalue weighted by atomic mass is 9.93. The minimum absolute atomic E-state index is 0.456. The smallest absolute Gasteiger partial charge is 0.0997 e. The second-order valence-corrected chi connectivity index (χ2v) is 3.25. The molecule has 0 unspecified atom stereocenters. The molecular formula is C12H13FN. The first-order valence-corrected chi connectivity index (χ1v) is 4.64. The van der Waals surface area contributed by atoms with E-state index in [1.165, 1.54) is 0 Å². The van der Waals surface area contributed by atoms with Crippen molar-refractivity contribution in [1.29, 1.82) is 5.26 Å². The summed E-state index contributed by atoms with van der Waals surface area (Å²) in [5.74, 6) is 0.693. The molecule has 14 heavy (non-hydrogen) atoms. The maximum atomic E-state index is 12.5. The van der Waals surface area contributed by atoms with Crippen molar-refractivity contribution in [2.24, 2.45) is 0 Å². The first-order chi connectivity index (χ1) is 6.72. The summed E-state index contributed by atoms with van der Waals surface area (Å²) < 4.78 is 12.5. The number of aryl methyl sites for hydroxylation is 1. The van der Waals surface area contributed by atoms with Gasteiger partial charge in [0.05, 0.1) is 18.3 Å². The molecule has 0 atom stereocenters. The highest BCUT2D eigenvalue weighted by atomic mass is 19.1. The van der Waals surface area contributed by atoms with E-state index in [9.17, 15) is 4.39 Å². The Morgan fingerprint density at radius 1 is 1.50 bits per heavy atom. The predicted molar refractivity (Wildman–Crippen MR) is 54.5 cm³/mol. The average molecular weight is 190 g/mol. The summed E-state index contributed by atoms with van der Waals surface area (Å²) in [6.07, 6.45) is 0.860. The van der Waals surface area contributed by atoms with Crippen LogP contribution in [0.25, 0.3) is 0 Å². The SMILES string of the molecule is CCc1ccc(C#N)cc1[C](C)CF. The zero-order chi connectivity index (χ0) is 10.6. The summed E-state index contributed by atoms with van der Waals surface area (Å²) in [7, 11) is 0. The fourth-order valence-electron chi connectivity index (χ4n) is 1.42. The maximum absolute atomic E-state index is 12.5. The Hall–Kier alpha value is -1.36. The Labute approximate surface area is 84.2 Å². The highest BCUT2D eigenvalue weighted by Crippen LogP contribution is 2.21. The summed E-state index contributed by atoms with van der Waals surface area (Å²) in [6.45, 7) is 3.33. The van der Waals surface area contributed by atoms with Gasteiger partial charge in [-0.25, -0.2) is 0 Å². The molecule has 1 radical (unpaired) electrons. The predicted octanol–water partition coefficient (Wildman–Crippen LogP) is 3.03. The van der Waals surface area contributed by atoms with Crippen LogP contribution >= 0.6 is 0 Å². The van der Waals surface area contributed by atoms with E-state index in [4.69, 9.17) is 5.26 Å². The number of halogens is 1. The minimum Gasteiger partial charge on any atom is -0.250 e. The monoisotopic (exact) mass is 190 g/mol. The second-order valence-electron chi connectivity index (χ2n) is 3.25. The number of hydrogen-bond acceptors (Lipinski definition) is 1. The molecule has 73 valence electrons. The van der Waals surface area contributed by atoms with Gasteiger partial charge in [-0.15, -0.1) is 0 Å². The normalized spacial score (nSPS) is 10.2. The summed E-state index contributed by atoms with van der Waals surface area (Å²) in [5.41, 5.74) is 2.57. The van der Waals surface area contributed by atoms with Crippen molar-refractivity contribution in [3.05, 3.63) is 40.8 Å². The van der Waals surface area contributed by atoms with Crippen molar-refractivity contribution in [3.8, 4) is 6.07 Å². The van der Waals surface area contributed by atoms with Crippen LogP contribution < -0.4 is 0 Å². The molecule has 0 amide bonds. The van der Waals surface area contributed by atoms with Crippen LogP contribution in [-0.4, -0.2) is 6.67 Å². The molecule has 0 bridgehead atoms. The zero-order valence-corrected chi connectivity index (χ0v) is 8.47. The lowest BCUT2D eigenvalue weighted by Gasteiger charge is -2.12. The van der Waals surface area contributed by atoms with E-state index in [1.807, 2.05) is 13.0 Å². The molecule has 0 saturated heterocycles. The molecule has 2 heteroatoms. The van der Waals surface area contributed by atoms with Gasteiger partial charge in [0.15, 0.2) is 0 Å². The van der Waals surface area contributed by atoms with Gasteiger partial charge in [0.1, 0.15) is 0 Å². The molecule has 0 saturated carbocycles. The van der Waals surface area contributed by atoms with E-state index in [0.717, 1.165) is 17.5 Å². The Balaban J connectivity index is 3.16. The van der Waals surface area contributed by atoms with Crippen LogP contribution in [0.3, 0.4) is 0 Å². The van der Waals surface area contributed by atoms with Gasteiger partial charge in [-0.2, -0.15) is 5.26 Å². The van der Waals surface area contributed by atoms with Gasteiger partial charge in [-0.3, -0.25) is 4.39 Å². The van der Waals surface area contributed by atoms with Crippen molar-refractivity contribution < 1.29 is 4.39 Å². The first-order valence-electron chi connectivity index (χ1n) is 4.64. The number of hydrogen-bond donors (Lipinski definition) is 0. The molecular weight excluding hydrogens is 177 g/mol. The Kier molecular flexibility index (Phi) is 3.64. The second kappa shape index (κ2) is 4.76. The Bertz CT molecular complexity index is 352. The number of benzene rings is 1. The van der Waals surface area contributed by atoms with Crippen molar-refractivity contribution in [2.45, 2.75) is 20.3 Å². The number of rotatable bonds is 3. The topological polar surface area (TPSA) is 23.8 Å². The standard InChI is InChI=1S/C12H13FN/c1-3-11-5-4-10(8-14)6-12(11)9(2)7-13/h4-6H,3,7H2,1-2H3. The van der Waals surface area contributed by atoms with Crippen molar-refractivity contribution >= 4 is 0 Å². The van der Waals surface area contributed by atoms with Crippen LogP contribution in [0.2, 0.25) is 0 Å². The minimum atomic E-state index is -0.456. The van der Waals surface area contributed by atoms with E-state index in [0.29, 0.717) is 11.5 Å². The fourth-order valence-corrected chi connectivity index (χ4v) is 1.42. The van der Waals surface area contributed by atoms with Gasteiger partial charge in [-0.1, -0.05) is 19.9 Å². The lowest BCUT2D eigenvalue weighted by molar-refractivity contribution is 0.515. The molecule has 0 heterocycles. The molecule has 1 rings (SSSR count). The number of nitrogens with zero attached hydrogens (tertiary/aromatic N) is 1. The van der Waals surface area contributed by atoms with E-state index < -0.39 is 6.67 Å². The van der Waals surface area contributed by atoms with Crippen LogP contribution in [-0.2, 0) is 6.42 Å². The molecule has 0 aliphatic carbocycles. The quantitative estimate of drug-likeness (QED) is 0.718. The molecule has 0 N–H and O–H groups in total. The van der Waals surface area contributed by atoms with Gasteiger partial charge < -0.3 is 0 Å². The average Bonchev–Trinajstić information content (AvgIpc) is 2.27. The third-order valence-corrected chi connectivity index (χ3v) is 2.28. The summed E-state index contributed by atoms with van der Waals surface area (Å²) in [6, 6.07) is 7.49. The highest BCUT2D eigenvalue weighted by Gasteiger charge is 2.10.